The third-order valence-electron chi connectivity index (χ3n) is 5.26. The van der Waals surface area contributed by atoms with Crippen molar-refractivity contribution in [3.05, 3.63) is 99.0 Å². The van der Waals surface area contributed by atoms with Gasteiger partial charge in [-0.1, -0.05) is 53.5 Å². The first-order valence-electron chi connectivity index (χ1n) is 10.1. The Balaban J connectivity index is 1.78. The molecule has 0 spiro atoms. The predicted molar refractivity (Wildman–Crippen MR) is 126 cm³/mol. The summed E-state index contributed by atoms with van der Waals surface area (Å²) in [5.74, 6) is 1.35. The van der Waals surface area contributed by atoms with Crippen LogP contribution in [0, 0.1) is 0 Å². The lowest BCUT2D eigenvalue weighted by molar-refractivity contribution is 0.101. The van der Waals surface area contributed by atoms with E-state index in [-0.39, 0.29) is 17.9 Å². The third kappa shape index (κ3) is 4.60. The van der Waals surface area contributed by atoms with E-state index in [4.69, 9.17) is 32.9 Å². The molecule has 0 aromatic heterocycles. The SMILES string of the molecule is CCOc1cc(C(C)=O)ccc1C1=N[C@@H](c2ccc(Cl)cc2)[C@@H](c2ccc(Cl)cc2)N1. The van der Waals surface area contributed by atoms with E-state index in [9.17, 15) is 4.79 Å². The summed E-state index contributed by atoms with van der Waals surface area (Å²) in [5.41, 5.74) is 3.54. The number of rotatable bonds is 6. The molecule has 0 amide bonds. The number of nitrogens with one attached hydrogen (secondary N) is 1. The normalized spacial score (nSPS) is 17.7. The van der Waals surface area contributed by atoms with E-state index in [0.29, 0.717) is 28.0 Å². The van der Waals surface area contributed by atoms with Crippen LogP contribution in [0.3, 0.4) is 0 Å². The number of carbonyl (C=O) groups excluding carboxylic acids is 1. The van der Waals surface area contributed by atoms with E-state index in [1.807, 2.05) is 61.5 Å². The number of hydrogen-bond acceptors (Lipinski definition) is 4. The maximum absolute atomic E-state index is 11.8. The molecule has 31 heavy (non-hydrogen) atoms. The molecule has 1 aliphatic rings. The van der Waals surface area contributed by atoms with Gasteiger partial charge in [0, 0.05) is 15.6 Å². The molecule has 6 heteroatoms. The highest BCUT2D eigenvalue weighted by atomic mass is 35.5. The third-order valence-corrected chi connectivity index (χ3v) is 5.76. The van der Waals surface area contributed by atoms with Gasteiger partial charge >= 0.3 is 0 Å². The van der Waals surface area contributed by atoms with E-state index >= 15 is 0 Å². The Morgan fingerprint density at radius 2 is 1.58 bits per heavy atom. The topological polar surface area (TPSA) is 50.7 Å². The summed E-state index contributed by atoms with van der Waals surface area (Å²) in [6.45, 7) is 3.95. The molecule has 0 radical (unpaired) electrons. The van der Waals surface area contributed by atoms with Crippen molar-refractivity contribution in [2.75, 3.05) is 6.61 Å². The number of ether oxygens (including phenoxy) is 1. The fourth-order valence-electron chi connectivity index (χ4n) is 3.70. The van der Waals surface area contributed by atoms with Gasteiger partial charge in [0.15, 0.2) is 5.78 Å². The lowest BCUT2D eigenvalue weighted by atomic mass is 9.95. The molecule has 3 aromatic rings. The maximum Gasteiger partial charge on any atom is 0.159 e. The number of aliphatic imine (C=N–C) groups is 1. The van der Waals surface area contributed by atoms with Gasteiger partial charge in [-0.2, -0.15) is 0 Å². The lowest BCUT2D eigenvalue weighted by Gasteiger charge is -2.20. The van der Waals surface area contributed by atoms with E-state index in [1.54, 1.807) is 19.1 Å². The van der Waals surface area contributed by atoms with Crippen molar-refractivity contribution in [3.63, 3.8) is 0 Å². The summed E-state index contributed by atoms with van der Waals surface area (Å²) in [5, 5.41) is 4.93. The number of hydrogen-bond donors (Lipinski definition) is 1. The van der Waals surface area contributed by atoms with Crippen molar-refractivity contribution in [1.82, 2.24) is 5.32 Å². The molecule has 0 saturated carbocycles. The van der Waals surface area contributed by atoms with Gasteiger partial charge in [-0.15, -0.1) is 0 Å². The van der Waals surface area contributed by atoms with Crippen LogP contribution in [0.25, 0.3) is 0 Å². The standard InChI is InChI=1S/C25H22Cl2N2O2/c1-3-31-22-14-18(15(2)30)8-13-21(22)25-28-23(16-4-9-19(26)10-5-16)24(29-25)17-6-11-20(27)12-7-17/h4-14,23-24H,3H2,1-2H3,(H,28,29)/t23-,24+. The molecule has 158 valence electrons. The van der Waals surface area contributed by atoms with E-state index in [2.05, 4.69) is 5.32 Å². The zero-order chi connectivity index (χ0) is 22.0. The summed E-state index contributed by atoms with van der Waals surface area (Å²) in [6, 6.07) is 20.7. The van der Waals surface area contributed by atoms with Crippen LogP contribution in [0.15, 0.2) is 71.7 Å². The molecule has 0 fully saturated rings. The van der Waals surface area contributed by atoms with Crippen LogP contribution in [0.5, 0.6) is 5.75 Å². The van der Waals surface area contributed by atoms with Gasteiger partial charge in [-0.05, 0) is 61.4 Å². The van der Waals surface area contributed by atoms with E-state index in [1.165, 1.54) is 0 Å². The van der Waals surface area contributed by atoms with Crippen LogP contribution < -0.4 is 10.1 Å². The monoisotopic (exact) mass is 452 g/mol. The Kier molecular flexibility index (Phi) is 6.30. The van der Waals surface area contributed by atoms with Gasteiger partial charge < -0.3 is 10.1 Å². The first-order chi connectivity index (χ1) is 15.0. The molecule has 0 saturated heterocycles. The summed E-state index contributed by atoms with van der Waals surface area (Å²) in [7, 11) is 0. The first kappa shape index (κ1) is 21.4. The van der Waals surface area contributed by atoms with Crippen LogP contribution >= 0.6 is 23.2 Å². The number of benzene rings is 3. The first-order valence-corrected chi connectivity index (χ1v) is 10.8. The molecule has 2 atom stereocenters. The maximum atomic E-state index is 11.8. The minimum absolute atomic E-state index is 0.00750. The van der Waals surface area contributed by atoms with Crippen LogP contribution in [-0.2, 0) is 0 Å². The van der Waals surface area contributed by atoms with Gasteiger partial charge in [-0.3, -0.25) is 9.79 Å². The number of Topliss-reactive ketones (excluding diaryl/α,β-unsaturated/α-hetero) is 1. The summed E-state index contributed by atoms with van der Waals surface area (Å²) >= 11 is 12.2. The fourth-order valence-corrected chi connectivity index (χ4v) is 3.95. The van der Waals surface area contributed by atoms with E-state index < -0.39 is 0 Å². The smallest absolute Gasteiger partial charge is 0.159 e. The number of carbonyl (C=O) groups is 1. The Bertz CT molecular complexity index is 1130. The van der Waals surface area contributed by atoms with E-state index in [0.717, 1.165) is 22.5 Å². The minimum atomic E-state index is -0.157. The predicted octanol–water partition coefficient (Wildman–Crippen LogP) is 6.43. The minimum Gasteiger partial charge on any atom is -0.493 e. The van der Waals surface area contributed by atoms with Crippen molar-refractivity contribution in [3.8, 4) is 5.75 Å². The zero-order valence-corrected chi connectivity index (χ0v) is 18.7. The second kappa shape index (κ2) is 9.13. The average Bonchev–Trinajstić information content (AvgIpc) is 3.20. The second-order valence-electron chi connectivity index (χ2n) is 7.35. The van der Waals surface area contributed by atoms with Gasteiger partial charge in [0.1, 0.15) is 17.6 Å². The van der Waals surface area contributed by atoms with Crippen LogP contribution in [0.1, 0.15) is 53.0 Å². The molecule has 0 aliphatic carbocycles. The molecule has 1 N–H and O–H groups in total. The van der Waals surface area contributed by atoms with Crippen molar-refractivity contribution < 1.29 is 9.53 Å². The van der Waals surface area contributed by atoms with Crippen molar-refractivity contribution in [1.29, 1.82) is 0 Å². The van der Waals surface area contributed by atoms with Crippen LogP contribution in [-0.4, -0.2) is 18.2 Å². The number of amidine groups is 1. The number of halogens is 2. The molecule has 3 aromatic carbocycles. The van der Waals surface area contributed by atoms with Gasteiger partial charge in [0.25, 0.3) is 0 Å². The fraction of sp³-hybridized carbons (Fsp3) is 0.200. The highest BCUT2D eigenvalue weighted by Gasteiger charge is 2.33. The van der Waals surface area contributed by atoms with Crippen molar-refractivity contribution >= 4 is 34.8 Å². The van der Waals surface area contributed by atoms with Crippen molar-refractivity contribution in [2.45, 2.75) is 25.9 Å². The molecule has 4 nitrogen and oxygen atoms in total. The summed E-state index contributed by atoms with van der Waals surface area (Å²) in [6.07, 6.45) is 0. The van der Waals surface area contributed by atoms with Crippen molar-refractivity contribution in [2.24, 2.45) is 4.99 Å². The molecule has 1 heterocycles. The molecule has 4 rings (SSSR count). The summed E-state index contributed by atoms with van der Waals surface area (Å²) in [4.78, 5) is 16.9. The highest BCUT2D eigenvalue weighted by Crippen LogP contribution is 2.39. The highest BCUT2D eigenvalue weighted by molar-refractivity contribution is 6.30. The number of nitrogens with zero attached hydrogens (tertiary/aromatic N) is 1. The quantitative estimate of drug-likeness (QED) is 0.438. The largest absolute Gasteiger partial charge is 0.493 e. The van der Waals surface area contributed by atoms with Crippen LogP contribution in [0.2, 0.25) is 10.0 Å². The van der Waals surface area contributed by atoms with Crippen LogP contribution in [0.4, 0.5) is 0 Å². The van der Waals surface area contributed by atoms with Gasteiger partial charge in [0.2, 0.25) is 0 Å². The summed E-state index contributed by atoms with van der Waals surface area (Å²) < 4.78 is 5.85. The number of ketones is 1. The molecule has 0 bridgehead atoms. The Labute approximate surface area is 191 Å². The molecule has 1 aliphatic heterocycles. The zero-order valence-electron chi connectivity index (χ0n) is 17.2. The Morgan fingerprint density at radius 1 is 0.968 bits per heavy atom. The van der Waals surface area contributed by atoms with Gasteiger partial charge in [-0.25, -0.2) is 0 Å². The molecule has 0 unspecified atom stereocenters. The van der Waals surface area contributed by atoms with Gasteiger partial charge in [0.05, 0.1) is 18.2 Å². The Morgan fingerprint density at radius 3 is 2.16 bits per heavy atom. The lowest BCUT2D eigenvalue weighted by Crippen LogP contribution is -2.25. The second-order valence-corrected chi connectivity index (χ2v) is 8.22. The molecular weight excluding hydrogens is 431 g/mol. The molecular formula is C25H22Cl2N2O2. The Hall–Kier alpha value is -2.82. The average molecular weight is 453 g/mol.